The minimum Gasteiger partial charge on any atom is -0.389 e. The molecular formula is C7H14N2. The van der Waals surface area contributed by atoms with Gasteiger partial charge in [-0.3, -0.25) is 4.99 Å². The van der Waals surface area contributed by atoms with E-state index >= 15 is 0 Å². The fourth-order valence-corrected chi connectivity index (χ4v) is 0.409. The van der Waals surface area contributed by atoms with Crippen molar-refractivity contribution >= 4 is 6.72 Å². The van der Waals surface area contributed by atoms with Crippen LogP contribution in [-0.2, 0) is 0 Å². The Labute approximate surface area is 56.7 Å². The van der Waals surface area contributed by atoms with Crippen LogP contribution in [0.4, 0.5) is 0 Å². The molecule has 0 bridgehead atoms. The van der Waals surface area contributed by atoms with Gasteiger partial charge in [-0.15, -0.1) is 0 Å². The van der Waals surface area contributed by atoms with Gasteiger partial charge in [-0.1, -0.05) is 13.8 Å². The first-order valence-electron chi connectivity index (χ1n) is 3.11. The van der Waals surface area contributed by atoms with E-state index < -0.39 is 0 Å². The van der Waals surface area contributed by atoms with Crippen molar-refractivity contribution in [3.8, 4) is 0 Å². The zero-order valence-electron chi connectivity index (χ0n) is 6.09. The lowest BCUT2D eigenvalue weighted by Crippen LogP contribution is -2.12. The number of hydrogen-bond acceptors (Lipinski definition) is 2. The third-order valence-electron chi connectivity index (χ3n) is 0.824. The summed E-state index contributed by atoms with van der Waals surface area (Å²) in [6.45, 7) is 8.60. The summed E-state index contributed by atoms with van der Waals surface area (Å²) >= 11 is 0. The lowest BCUT2D eigenvalue weighted by Gasteiger charge is -2.01. The molecule has 0 aliphatic rings. The average Bonchev–Trinajstić information content (AvgIpc) is 1.80. The van der Waals surface area contributed by atoms with Gasteiger partial charge < -0.3 is 5.32 Å². The van der Waals surface area contributed by atoms with Gasteiger partial charge in [0.2, 0.25) is 0 Å². The van der Waals surface area contributed by atoms with Crippen LogP contribution in [0.3, 0.4) is 0 Å². The zero-order chi connectivity index (χ0) is 7.11. The Kier molecular flexibility index (Phi) is 4.88. The Balaban J connectivity index is 3.08. The van der Waals surface area contributed by atoms with Gasteiger partial charge in [0.1, 0.15) is 0 Å². The Morgan fingerprint density at radius 1 is 1.67 bits per heavy atom. The van der Waals surface area contributed by atoms with Crippen molar-refractivity contribution in [2.45, 2.75) is 13.8 Å². The SMILES string of the molecule is C=N/C=C\NCC(C)C. The van der Waals surface area contributed by atoms with Gasteiger partial charge in [-0.05, 0) is 12.6 Å². The molecule has 0 aliphatic carbocycles. The van der Waals surface area contributed by atoms with Gasteiger partial charge in [0, 0.05) is 18.9 Å². The number of rotatable bonds is 4. The summed E-state index contributed by atoms with van der Waals surface area (Å²) in [5.74, 6) is 0.680. The van der Waals surface area contributed by atoms with Crippen LogP contribution in [0, 0.1) is 5.92 Å². The molecule has 0 rings (SSSR count). The van der Waals surface area contributed by atoms with Gasteiger partial charge in [0.15, 0.2) is 0 Å². The number of nitrogens with one attached hydrogen (secondary N) is 1. The highest BCUT2D eigenvalue weighted by Crippen LogP contribution is 1.85. The average molecular weight is 126 g/mol. The molecule has 2 nitrogen and oxygen atoms in total. The number of nitrogens with zero attached hydrogens (tertiary/aromatic N) is 1. The molecule has 0 aliphatic heterocycles. The highest BCUT2D eigenvalue weighted by Gasteiger charge is 1.86. The van der Waals surface area contributed by atoms with Crippen molar-refractivity contribution in [2.24, 2.45) is 10.9 Å². The van der Waals surface area contributed by atoms with Crippen LogP contribution >= 0.6 is 0 Å². The van der Waals surface area contributed by atoms with Crippen LogP contribution in [0.15, 0.2) is 17.4 Å². The maximum atomic E-state index is 3.54. The Morgan fingerprint density at radius 3 is 2.78 bits per heavy atom. The van der Waals surface area contributed by atoms with Crippen molar-refractivity contribution < 1.29 is 0 Å². The van der Waals surface area contributed by atoms with Crippen molar-refractivity contribution in [3.63, 3.8) is 0 Å². The molecule has 0 saturated carbocycles. The second kappa shape index (κ2) is 5.35. The van der Waals surface area contributed by atoms with Crippen molar-refractivity contribution in [1.82, 2.24) is 5.32 Å². The van der Waals surface area contributed by atoms with Gasteiger partial charge in [-0.2, -0.15) is 0 Å². The zero-order valence-corrected chi connectivity index (χ0v) is 6.09. The van der Waals surface area contributed by atoms with Gasteiger partial charge in [0.25, 0.3) is 0 Å². The molecule has 52 valence electrons. The largest absolute Gasteiger partial charge is 0.389 e. The molecule has 0 saturated heterocycles. The standard InChI is InChI=1S/C7H14N2/c1-7(2)6-9-5-4-8-3/h4-5,7,9H,3,6H2,1-2H3/b5-4-. The Bertz CT molecular complexity index is 95.1. The first kappa shape index (κ1) is 8.21. The highest BCUT2D eigenvalue weighted by molar-refractivity contribution is 5.25. The van der Waals surface area contributed by atoms with Crippen LogP contribution < -0.4 is 5.32 Å². The molecule has 0 aromatic rings. The molecule has 0 radical (unpaired) electrons. The fourth-order valence-electron chi connectivity index (χ4n) is 0.409. The summed E-state index contributed by atoms with van der Waals surface area (Å²) in [5, 5.41) is 3.07. The molecule has 2 heteroatoms. The predicted octanol–water partition coefficient (Wildman–Crippen LogP) is 1.40. The van der Waals surface area contributed by atoms with Crippen LogP contribution in [0.5, 0.6) is 0 Å². The monoisotopic (exact) mass is 126 g/mol. The van der Waals surface area contributed by atoms with E-state index in [0.29, 0.717) is 5.92 Å². The molecule has 0 unspecified atom stereocenters. The van der Waals surface area contributed by atoms with Gasteiger partial charge >= 0.3 is 0 Å². The lowest BCUT2D eigenvalue weighted by atomic mass is 10.2. The van der Waals surface area contributed by atoms with E-state index in [4.69, 9.17) is 0 Å². The maximum Gasteiger partial charge on any atom is 0.0417 e. The third-order valence-corrected chi connectivity index (χ3v) is 0.824. The molecule has 1 N–H and O–H groups in total. The number of aliphatic imine (C=N–C) groups is 1. The molecule has 0 aromatic heterocycles. The first-order valence-corrected chi connectivity index (χ1v) is 3.11. The fraction of sp³-hybridized carbons (Fsp3) is 0.571. The van der Waals surface area contributed by atoms with Crippen LogP contribution in [0.25, 0.3) is 0 Å². The molecule has 9 heavy (non-hydrogen) atoms. The van der Waals surface area contributed by atoms with Crippen LogP contribution in [0.1, 0.15) is 13.8 Å². The quantitative estimate of drug-likeness (QED) is 0.566. The predicted molar refractivity (Wildman–Crippen MR) is 41.5 cm³/mol. The van der Waals surface area contributed by atoms with E-state index in [1.54, 1.807) is 12.4 Å². The summed E-state index contributed by atoms with van der Waals surface area (Å²) in [6, 6.07) is 0. The van der Waals surface area contributed by atoms with E-state index in [1.807, 2.05) is 0 Å². The maximum absolute atomic E-state index is 3.54. The van der Waals surface area contributed by atoms with E-state index in [9.17, 15) is 0 Å². The summed E-state index contributed by atoms with van der Waals surface area (Å²) < 4.78 is 0. The van der Waals surface area contributed by atoms with Crippen molar-refractivity contribution in [1.29, 1.82) is 0 Å². The molecule has 0 fully saturated rings. The minimum absolute atomic E-state index is 0.680. The summed E-state index contributed by atoms with van der Waals surface area (Å²) in [6.07, 6.45) is 3.44. The normalized spacial score (nSPS) is 10.6. The van der Waals surface area contributed by atoms with Crippen molar-refractivity contribution in [2.75, 3.05) is 6.54 Å². The minimum atomic E-state index is 0.680. The molecule has 0 amide bonds. The Hall–Kier alpha value is -0.790. The summed E-state index contributed by atoms with van der Waals surface area (Å²) in [4.78, 5) is 3.54. The second-order valence-electron chi connectivity index (χ2n) is 2.30. The second-order valence-corrected chi connectivity index (χ2v) is 2.30. The Morgan fingerprint density at radius 2 is 2.33 bits per heavy atom. The molecule has 0 spiro atoms. The third kappa shape index (κ3) is 7.21. The lowest BCUT2D eigenvalue weighted by molar-refractivity contribution is 0.611. The topological polar surface area (TPSA) is 24.4 Å². The molecule has 0 heterocycles. The molecule has 0 atom stereocenters. The van der Waals surface area contributed by atoms with Gasteiger partial charge in [-0.25, -0.2) is 0 Å². The smallest absolute Gasteiger partial charge is 0.0417 e. The van der Waals surface area contributed by atoms with Crippen LogP contribution in [-0.4, -0.2) is 13.3 Å². The van der Waals surface area contributed by atoms with Crippen LogP contribution in [0.2, 0.25) is 0 Å². The summed E-state index contributed by atoms with van der Waals surface area (Å²) in [7, 11) is 0. The summed E-state index contributed by atoms with van der Waals surface area (Å²) in [5.41, 5.74) is 0. The molecule has 0 aromatic carbocycles. The van der Waals surface area contributed by atoms with E-state index in [0.717, 1.165) is 6.54 Å². The highest BCUT2D eigenvalue weighted by atomic mass is 14.8. The van der Waals surface area contributed by atoms with E-state index in [1.165, 1.54) is 0 Å². The number of hydrogen-bond donors (Lipinski definition) is 1. The van der Waals surface area contributed by atoms with E-state index in [-0.39, 0.29) is 0 Å². The van der Waals surface area contributed by atoms with Crippen molar-refractivity contribution in [3.05, 3.63) is 12.4 Å². The van der Waals surface area contributed by atoms with E-state index in [2.05, 4.69) is 30.9 Å². The van der Waals surface area contributed by atoms with Gasteiger partial charge in [0.05, 0.1) is 0 Å². The molecular weight excluding hydrogens is 112 g/mol. The first-order chi connectivity index (χ1) is 4.27.